The minimum Gasteiger partial charge on any atom is -0.459 e. The molecule has 0 N–H and O–H groups in total. The van der Waals surface area contributed by atoms with Crippen molar-refractivity contribution in [3.05, 3.63) is 105 Å². The Kier molecular flexibility index (Phi) is 13.2. The number of hydrogen-bond donors (Lipinski definition) is 0. The predicted octanol–water partition coefficient (Wildman–Crippen LogP) is 7.00. The largest absolute Gasteiger partial charge is 0.459 e. The molecule has 1 fully saturated rings. The van der Waals surface area contributed by atoms with Crippen molar-refractivity contribution in [2.75, 3.05) is 58.9 Å². The third kappa shape index (κ3) is 11.3. The minimum atomic E-state index is -0.495. The molecule has 1 saturated heterocycles. The van der Waals surface area contributed by atoms with Crippen molar-refractivity contribution >= 4 is 5.97 Å². The number of benzene rings is 3. The second kappa shape index (κ2) is 16.9. The van der Waals surface area contributed by atoms with Gasteiger partial charge in [0, 0.05) is 72.0 Å². The summed E-state index contributed by atoms with van der Waals surface area (Å²) >= 11 is 0. The molecule has 47 heavy (non-hydrogen) atoms. The van der Waals surface area contributed by atoms with Gasteiger partial charge in [-0.25, -0.2) is 0 Å². The average molecular weight is 641 g/mol. The fraction of sp³-hybridized carbons (Fsp3) is 0.537. The van der Waals surface area contributed by atoms with Crippen LogP contribution in [0.25, 0.3) is 0 Å². The molecule has 0 aliphatic carbocycles. The van der Waals surface area contributed by atoms with Gasteiger partial charge in [0.15, 0.2) is 0 Å². The van der Waals surface area contributed by atoms with E-state index in [9.17, 15) is 4.79 Å². The van der Waals surface area contributed by atoms with Crippen molar-refractivity contribution in [3.63, 3.8) is 0 Å². The van der Waals surface area contributed by atoms with Gasteiger partial charge in [-0.3, -0.25) is 24.4 Å². The number of nitrogens with zero attached hydrogens (tertiary/aromatic N) is 4. The summed E-state index contributed by atoms with van der Waals surface area (Å²) in [6, 6.07) is 19.9. The Morgan fingerprint density at radius 3 is 1.02 bits per heavy atom. The molecule has 0 bridgehead atoms. The van der Waals surface area contributed by atoms with Crippen LogP contribution in [-0.2, 0) is 29.2 Å². The zero-order valence-corrected chi connectivity index (χ0v) is 30.8. The lowest BCUT2D eigenvalue weighted by atomic mass is 10.0. The van der Waals surface area contributed by atoms with Crippen LogP contribution in [0.3, 0.4) is 0 Å². The molecule has 0 unspecified atom stereocenters. The van der Waals surface area contributed by atoms with E-state index in [1.165, 1.54) is 50.1 Å². The van der Waals surface area contributed by atoms with Crippen molar-refractivity contribution < 1.29 is 9.53 Å². The molecular weight excluding hydrogens is 580 g/mol. The van der Waals surface area contributed by atoms with Gasteiger partial charge in [0.1, 0.15) is 5.60 Å². The molecule has 4 rings (SSSR count). The van der Waals surface area contributed by atoms with Gasteiger partial charge in [0.2, 0.25) is 0 Å². The van der Waals surface area contributed by atoms with Gasteiger partial charge in [0.25, 0.3) is 0 Å². The summed E-state index contributed by atoms with van der Waals surface area (Å²) in [7, 11) is 0. The molecule has 0 saturated carbocycles. The Hall–Kier alpha value is -3.03. The highest BCUT2D eigenvalue weighted by molar-refractivity contribution is 5.72. The van der Waals surface area contributed by atoms with Crippen molar-refractivity contribution in [2.24, 2.45) is 0 Å². The van der Waals surface area contributed by atoms with E-state index in [0.717, 1.165) is 72.0 Å². The SMILES string of the molecule is Cc1cccc(C)c1CN1CCN(CC(=O)OC(C)(C)C)CCN(Cc2c(C)cccc2C)CCN(Cc2c(C)cccc2C)CC1. The van der Waals surface area contributed by atoms with Gasteiger partial charge in [0.05, 0.1) is 6.54 Å². The molecule has 0 atom stereocenters. The lowest BCUT2D eigenvalue weighted by Crippen LogP contribution is -2.47. The Balaban J connectivity index is 1.63. The molecule has 0 amide bonds. The normalized spacial score (nSPS) is 16.9. The minimum absolute atomic E-state index is 0.146. The van der Waals surface area contributed by atoms with Crippen LogP contribution in [0.4, 0.5) is 0 Å². The zero-order valence-electron chi connectivity index (χ0n) is 30.8. The standard InChI is InChI=1S/C41H60N4O2/c1-31-13-10-14-32(2)37(31)27-42-19-21-43(28-38-33(3)15-11-16-34(38)4)23-25-45(30-40(46)47-41(7,8)9)26-24-44(22-20-42)29-39-35(5)17-12-18-36(39)6/h10-18H,19-30H2,1-9H3. The molecular formula is C41H60N4O2. The topological polar surface area (TPSA) is 39.3 Å². The quantitative estimate of drug-likeness (QED) is 0.247. The van der Waals surface area contributed by atoms with Gasteiger partial charge in [-0.2, -0.15) is 0 Å². The van der Waals surface area contributed by atoms with Crippen molar-refractivity contribution in [2.45, 2.75) is 87.5 Å². The fourth-order valence-electron chi connectivity index (χ4n) is 6.73. The van der Waals surface area contributed by atoms with Crippen molar-refractivity contribution in [1.82, 2.24) is 19.6 Å². The molecule has 1 aliphatic heterocycles. The Bertz CT molecular complexity index is 1350. The first kappa shape index (κ1) is 36.8. The molecule has 0 aromatic heterocycles. The highest BCUT2D eigenvalue weighted by Gasteiger charge is 2.23. The zero-order chi connectivity index (χ0) is 34.1. The number of carbonyl (C=O) groups excluding carboxylic acids is 1. The smallest absolute Gasteiger partial charge is 0.320 e. The molecule has 3 aromatic rings. The molecule has 1 aliphatic rings. The van der Waals surface area contributed by atoms with E-state index >= 15 is 0 Å². The maximum absolute atomic E-state index is 13.1. The molecule has 0 spiro atoms. The maximum atomic E-state index is 13.1. The van der Waals surface area contributed by atoms with Gasteiger partial charge >= 0.3 is 5.97 Å². The highest BCUT2D eigenvalue weighted by atomic mass is 16.6. The Morgan fingerprint density at radius 1 is 0.511 bits per heavy atom. The van der Waals surface area contributed by atoms with E-state index in [2.05, 4.69) is 116 Å². The van der Waals surface area contributed by atoms with Gasteiger partial charge in [-0.1, -0.05) is 54.6 Å². The fourth-order valence-corrected chi connectivity index (χ4v) is 6.73. The summed E-state index contributed by atoms with van der Waals surface area (Å²) in [6.45, 7) is 29.7. The van der Waals surface area contributed by atoms with Crippen LogP contribution in [0.5, 0.6) is 0 Å². The number of carbonyl (C=O) groups is 1. The number of rotatable bonds is 8. The van der Waals surface area contributed by atoms with Crippen LogP contribution in [0, 0.1) is 41.5 Å². The van der Waals surface area contributed by atoms with Crippen LogP contribution in [0.2, 0.25) is 0 Å². The highest BCUT2D eigenvalue weighted by Crippen LogP contribution is 2.20. The molecule has 256 valence electrons. The first-order valence-corrected chi connectivity index (χ1v) is 17.6. The van der Waals surface area contributed by atoms with Crippen LogP contribution in [-0.4, -0.2) is 90.1 Å². The summed E-state index contributed by atoms with van der Waals surface area (Å²) in [5.74, 6) is -0.146. The van der Waals surface area contributed by atoms with E-state index in [4.69, 9.17) is 4.74 Å². The summed E-state index contributed by atoms with van der Waals surface area (Å²) in [5.41, 5.74) is 11.9. The summed E-state index contributed by atoms with van der Waals surface area (Å²) < 4.78 is 5.80. The molecule has 6 nitrogen and oxygen atoms in total. The van der Waals surface area contributed by atoms with Crippen LogP contribution in [0.15, 0.2) is 54.6 Å². The van der Waals surface area contributed by atoms with Crippen molar-refractivity contribution in [1.29, 1.82) is 0 Å². The van der Waals surface area contributed by atoms with Crippen LogP contribution in [0.1, 0.15) is 70.8 Å². The average Bonchev–Trinajstić information content (AvgIpc) is 2.98. The van der Waals surface area contributed by atoms with Gasteiger partial charge < -0.3 is 4.74 Å². The van der Waals surface area contributed by atoms with E-state index < -0.39 is 5.60 Å². The van der Waals surface area contributed by atoms with Crippen LogP contribution >= 0.6 is 0 Å². The molecule has 3 aromatic carbocycles. The van der Waals surface area contributed by atoms with E-state index in [0.29, 0.717) is 6.54 Å². The number of hydrogen-bond acceptors (Lipinski definition) is 6. The second-order valence-corrected chi connectivity index (χ2v) is 14.8. The van der Waals surface area contributed by atoms with E-state index in [-0.39, 0.29) is 5.97 Å². The van der Waals surface area contributed by atoms with Crippen molar-refractivity contribution in [3.8, 4) is 0 Å². The third-order valence-electron chi connectivity index (χ3n) is 9.78. The third-order valence-corrected chi connectivity index (χ3v) is 9.78. The first-order valence-electron chi connectivity index (χ1n) is 17.6. The number of aryl methyl sites for hydroxylation is 6. The van der Waals surface area contributed by atoms with E-state index in [1.807, 2.05) is 20.8 Å². The van der Waals surface area contributed by atoms with Crippen LogP contribution < -0.4 is 0 Å². The number of esters is 1. The summed E-state index contributed by atoms with van der Waals surface area (Å²) in [5, 5.41) is 0. The number of ether oxygens (including phenoxy) is 1. The lowest BCUT2D eigenvalue weighted by molar-refractivity contribution is -0.156. The molecule has 6 heteroatoms. The Labute approximate surface area is 285 Å². The van der Waals surface area contributed by atoms with E-state index in [1.54, 1.807) is 0 Å². The van der Waals surface area contributed by atoms with Gasteiger partial charge in [-0.15, -0.1) is 0 Å². The monoisotopic (exact) mass is 640 g/mol. The predicted molar refractivity (Wildman–Crippen MR) is 196 cm³/mol. The molecule has 1 heterocycles. The molecule has 0 radical (unpaired) electrons. The summed E-state index contributed by atoms with van der Waals surface area (Å²) in [4.78, 5) is 23.3. The first-order chi connectivity index (χ1) is 22.3. The lowest BCUT2D eigenvalue weighted by Gasteiger charge is -2.35. The summed E-state index contributed by atoms with van der Waals surface area (Å²) in [6.07, 6.45) is 0. The van der Waals surface area contributed by atoms with Gasteiger partial charge in [-0.05, 0) is 112 Å². The maximum Gasteiger partial charge on any atom is 0.320 e. The second-order valence-electron chi connectivity index (χ2n) is 14.8. The Morgan fingerprint density at radius 2 is 0.766 bits per heavy atom.